The zero-order chi connectivity index (χ0) is 24.2. The number of hydrogen-bond acceptors (Lipinski definition) is 5. The number of urea groups is 1. The number of rotatable bonds is 6. The fourth-order valence-corrected chi connectivity index (χ4v) is 3.82. The van der Waals surface area contributed by atoms with Gasteiger partial charge in [-0.1, -0.05) is 42.5 Å². The van der Waals surface area contributed by atoms with Gasteiger partial charge in [0.05, 0.1) is 17.6 Å². The maximum Gasteiger partial charge on any atom is 0.322 e. The first kappa shape index (κ1) is 21.9. The highest BCUT2D eigenvalue weighted by Crippen LogP contribution is 2.25. The van der Waals surface area contributed by atoms with Gasteiger partial charge in [-0.2, -0.15) is 5.10 Å². The van der Waals surface area contributed by atoms with Crippen LogP contribution in [0.3, 0.4) is 0 Å². The van der Waals surface area contributed by atoms with E-state index in [1.807, 2.05) is 66.7 Å². The van der Waals surface area contributed by atoms with E-state index in [2.05, 4.69) is 31.5 Å². The Labute approximate surface area is 200 Å². The monoisotopic (exact) mass is 466 g/mol. The predicted octanol–water partition coefficient (Wildman–Crippen LogP) is 4.01. The molecule has 1 aliphatic heterocycles. The van der Waals surface area contributed by atoms with Crippen molar-refractivity contribution in [3.63, 3.8) is 0 Å². The Hall–Kier alpha value is -4.92. The number of anilines is 3. The average Bonchev–Trinajstić information content (AvgIpc) is 3.25. The van der Waals surface area contributed by atoms with Crippen LogP contribution in [0, 0.1) is 0 Å². The van der Waals surface area contributed by atoms with Crippen molar-refractivity contribution in [3.05, 3.63) is 84.1 Å². The Balaban J connectivity index is 1.27. The molecular formula is C26H22N6O3. The predicted molar refractivity (Wildman–Crippen MR) is 135 cm³/mol. The topological polar surface area (TPSA) is 128 Å². The second kappa shape index (κ2) is 9.52. The smallest absolute Gasteiger partial charge is 0.322 e. The third-order valence-electron chi connectivity index (χ3n) is 5.51. The normalized spacial score (nSPS) is 15.6. The average molecular weight is 467 g/mol. The first-order valence-electron chi connectivity index (χ1n) is 11.0. The van der Waals surface area contributed by atoms with Gasteiger partial charge in [0.2, 0.25) is 11.8 Å². The van der Waals surface area contributed by atoms with E-state index in [1.165, 1.54) is 0 Å². The van der Waals surface area contributed by atoms with Crippen molar-refractivity contribution in [1.29, 1.82) is 0 Å². The number of aromatic nitrogens is 2. The molecule has 0 spiro atoms. The number of amides is 4. The summed E-state index contributed by atoms with van der Waals surface area (Å²) in [5.41, 5.74) is 4.98. The summed E-state index contributed by atoms with van der Waals surface area (Å²) in [5.74, 6) is -0.947. The summed E-state index contributed by atoms with van der Waals surface area (Å²) in [7, 11) is 0. The van der Waals surface area contributed by atoms with Crippen LogP contribution >= 0.6 is 0 Å². The van der Waals surface area contributed by atoms with Crippen LogP contribution in [-0.4, -0.2) is 34.1 Å². The fourth-order valence-electron chi connectivity index (χ4n) is 3.82. The molecule has 5 rings (SSSR count). The molecule has 0 radical (unpaired) electrons. The number of nitrogens with zero attached hydrogens (tertiary/aromatic N) is 1. The SMILES string of the molecule is O=C1C[C@H](C(=O)Nc2cccc(Nc3ccc4c(/C=C/c5ccccc5)n[nH]c4c3)c2)NC(=O)N1. The molecule has 9 nitrogen and oxygen atoms in total. The van der Waals surface area contributed by atoms with Gasteiger partial charge in [0.1, 0.15) is 6.04 Å². The maximum absolute atomic E-state index is 12.5. The van der Waals surface area contributed by atoms with Gasteiger partial charge in [-0.3, -0.25) is 20.0 Å². The zero-order valence-electron chi connectivity index (χ0n) is 18.5. The van der Waals surface area contributed by atoms with Gasteiger partial charge in [-0.05, 0) is 48.0 Å². The van der Waals surface area contributed by atoms with Crippen LogP contribution in [0.1, 0.15) is 17.7 Å². The lowest BCUT2D eigenvalue weighted by atomic mass is 10.1. The maximum atomic E-state index is 12.5. The number of H-pyrrole nitrogens is 1. The highest BCUT2D eigenvalue weighted by Gasteiger charge is 2.29. The number of nitrogens with one attached hydrogen (secondary N) is 5. The molecule has 35 heavy (non-hydrogen) atoms. The lowest BCUT2D eigenvalue weighted by Gasteiger charge is -2.22. The van der Waals surface area contributed by atoms with Gasteiger partial charge < -0.3 is 16.0 Å². The minimum Gasteiger partial charge on any atom is -0.355 e. The molecule has 2 heterocycles. The van der Waals surface area contributed by atoms with Crippen molar-refractivity contribution >= 4 is 58.0 Å². The first-order chi connectivity index (χ1) is 17.0. The van der Waals surface area contributed by atoms with Crippen molar-refractivity contribution in [2.24, 2.45) is 0 Å². The molecule has 9 heteroatoms. The number of benzene rings is 3. The van der Waals surface area contributed by atoms with Crippen LogP contribution in [0.5, 0.6) is 0 Å². The molecular weight excluding hydrogens is 444 g/mol. The highest BCUT2D eigenvalue weighted by molar-refractivity contribution is 6.05. The molecule has 1 aromatic heterocycles. The van der Waals surface area contributed by atoms with Crippen molar-refractivity contribution in [3.8, 4) is 0 Å². The van der Waals surface area contributed by atoms with Crippen LogP contribution in [0.15, 0.2) is 72.8 Å². The lowest BCUT2D eigenvalue weighted by Crippen LogP contribution is -2.56. The second-order valence-corrected chi connectivity index (χ2v) is 8.09. The number of carbonyl (C=O) groups is 3. The van der Waals surface area contributed by atoms with E-state index in [9.17, 15) is 14.4 Å². The largest absolute Gasteiger partial charge is 0.355 e. The van der Waals surface area contributed by atoms with Gasteiger partial charge in [-0.15, -0.1) is 0 Å². The fraction of sp³-hybridized carbons (Fsp3) is 0.0769. The van der Waals surface area contributed by atoms with Gasteiger partial charge in [0.25, 0.3) is 0 Å². The standard InChI is InChI=1S/C26H22N6O3/c33-24-15-23(29-26(35)30-24)25(34)28-18-8-4-7-17(13-18)27-19-10-11-20-21(31-32-22(20)14-19)12-9-16-5-2-1-3-6-16/h1-14,23,27H,15H2,(H,28,34)(H,31,32)(H2,29,30,33,35)/b12-9+/t23-/m1/s1. The van der Waals surface area contributed by atoms with Gasteiger partial charge in [0.15, 0.2) is 0 Å². The molecule has 0 aliphatic carbocycles. The Morgan fingerprint density at radius 2 is 1.71 bits per heavy atom. The molecule has 1 atom stereocenters. The number of imide groups is 1. The van der Waals surface area contributed by atoms with E-state index in [0.29, 0.717) is 5.69 Å². The molecule has 3 aromatic carbocycles. The van der Waals surface area contributed by atoms with Crippen LogP contribution in [0.2, 0.25) is 0 Å². The summed E-state index contributed by atoms with van der Waals surface area (Å²) < 4.78 is 0. The van der Waals surface area contributed by atoms with E-state index >= 15 is 0 Å². The van der Waals surface area contributed by atoms with E-state index < -0.39 is 23.9 Å². The number of carbonyl (C=O) groups excluding carboxylic acids is 3. The Kier molecular flexibility index (Phi) is 5.96. The number of hydrogen-bond donors (Lipinski definition) is 5. The minimum absolute atomic E-state index is 0.109. The summed E-state index contributed by atoms with van der Waals surface area (Å²) in [5, 5.41) is 19.1. The van der Waals surface area contributed by atoms with Crippen LogP contribution in [0.25, 0.3) is 23.1 Å². The summed E-state index contributed by atoms with van der Waals surface area (Å²) >= 11 is 0. The van der Waals surface area contributed by atoms with Gasteiger partial charge in [0, 0.05) is 22.4 Å². The third kappa shape index (κ3) is 5.19. The van der Waals surface area contributed by atoms with E-state index in [0.717, 1.165) is 33.5 Å². The van der Waals surface area contributed by atoms with Crippen LogP contribution in [-0.2, 0) is 9.59 Å². The van der Waals surface area contributed by atoms with Crippen molar-refractivity contribution in [2.45, 2.75) is 12.5 Å². The van der Waals surface area contributed by atoms with Crippen LogP contribution < -0.4 is 21.3 Å². The molecule has 0 saturated carbocycles. The third-order valence-corrected chi connectivity index (χ3v) is 5.51. The highest BCUT2D eigenvalue weighted by atomic mass is 16.2. The van der Waals surface area contributed by atoms with Crippen LogP contribution in [0.4, 0.5) is 21.9 Å². The summed E-state index contributed by atoms with van der Waals surface area (Å²) in [4.78, 5) is 35.5. The first-order valence-corrected chi connectivity index (χ1v) is 11.0. The molecule has 1 saturated heterocycles. The van der Waals surface area contributed by atoms with E-state index in [-0.39, 0.29) is 6.42 Å². The van der Waals surface area contributed by atoms with Crippen molar-refractivity contribution in [1.82, 2.24) is 20.8 Å². The molecule has 0 bridgehead atoms. The number of aromatic amines is 1. The zero-order valence-corrected chi connectivity index (χ0v) is 18.5. The Morgan fingerprint density at radius 3 is 2.54 bits per heavy atom. The van der Waals surface area contributed by atoms with E-state index in [1.54, 1.807) is 18.2 Å². The quantitative estimate of drug-likeness (QED) is 0.293. The van der Waals surface area contributed by atoms with E-state index in [4.69, 9.17) is 0 Å². The number of fused-ring (bicyclic) bond motifs is 1. The van der Waals surface area contributed by atoms with Crippen molar-refractivity contribution in [2.75, 3.05) is 10.6 Å². The molecule has 1 aliphatic rings. The molecule has 4 amide bonds. The van der Waals surface area contributed by atoms with Gasteiger partial charge in [-0.25, -0.2) is 4.79 Å². The molecule has 4 aromatic rings. The summed E-state index contributed by atoms with van der Waals surface area (Å²) in [6.07, 6.45) is 3.89. The molecule has 174 valence electrons. The molecule has 0 unspecified atom stereocenters. The molecule has 5 N–H and O–H groups in total. The lowest BCUT2D eigenvalue weighted by molar-refractivity contribution is -0.126. The summed E-state index contributed by atoms with van der Waals surface area (Å²) in [6, 6.07) is 21.5. The Morgan fingerprint density at radius 1 is 0.914 bits per heavy atom. The second-order valence-electron chi connectivity index (χ2n) is 8.09. The van der Waals surface area contributed by atoms with Crippen molar-refractivity contribution < 1.29 is 14.4 Å². The molecule has 1 fully saturated rings. The van der Waals surface area contributed by atoms with Gasteiger partial charge >= 0.3 is 6.03 Å². The minimum atomic E-state index is -0.916. The summed E-state index contributed by atoms with van der Waals surface area (Å²) in [6.45, 7) is 0. The Bertz CT molecular complexity index is 1430.